The summed E-state index contributed by atoms with van der Waals surface area (Å²) in [5.74, 6) is 0.0799. The fraction of sp³-hybridized carbons (Fsp3) is 0.167. The Labute approximate surface area is 174 Å². The Kier molecular flexibility index (Phi) is 5.14. The lowest BCUT2D eigenvalue weighted by atomic mass is 9.99. The normalized spacial score (nSPS) is 18.1. The van der Waals surface area contributed by atoms with Crippen molar-refractivity contribution in [3.8, 4) is 5.75 Å². The molecular formula is C24H21NO5. The van der Waals surface area contributed by atoms with Crippen molar-refractivity contribution >= 4 is 17.4 Å². The number of methoxy groups -OCH3 is 1. The van der Waals surface area contributed by atoms with E-state index in [1.165, 1.54) is 4.90 Å². The molecule has 1 atom stereocenters. The number of likely N-dealkylation sites (tertiary alicyclic amines) is 1. The molecule has 1 unspecified atom stereocenters. The minimum Gasteiger partial charge on any atom is -0.507 e. The molecule has 1 aliphatic rings. The van der Waals surface area contributed by atoms with Gasteiger partial charge in [-0.2, -0.15) is 0 Å². The second kappa shape index (κ2) is 7.91. The van der Waals surface area contributed by atoms with Crippen LogP contribution in [0.15, 0.2) is 76.7 Å². The molecule has 1 N–H and O–H groups in total. The molecule has 6 heteroatoms. The summed E-state index contributed by atoms with van der Waals surface area (Å²) in [5.41, 5.74) is 1.28. The molecule has 0 spiro atoms. The molecule has 1 aromatic heterocycles. The number of furan rings is 1. The van der Waals surface area contributed by atoms with Crippen molar-refractivity contribution in [3.63, 3.8) is 0 Å². The van der Waals surface area contributed by atoms with Gasteiger partial charge in [-0.15, -0.1) is 0 Å². The molecule has 0 radical (unpaired) electrons. The highest BCUT2D eigenvalue weighted by atomic mass is 16.5. The minimum atomic E-state index is -0.829. The van der Waals surface area contributed by atoms with E-state index in [4.69, 9.17) is 9.15 Å². The van der Waals surface area contributed by atoms with Crippen LogP contribution in [0.4, 0.5) is 0 Å². The SMILES string of the molecule is COc1cccc(CN2C(=O)C(=O)/C(=C(\O)c3ccccc3)C2c2ccc(C)o2)c1. The Hall–Kier alpha value is -3.80. The highest BCUT2D eigenvalue weighted by molar-refractivity contribution is 6.46. The lowest BCUT2D eigenvalue weighted by Gasteiger charge is -2.23. The van der Waals surface area contributed by atoms with Gasteiger partial charge in [0.05, 0.1) is 12.7 Å². The predicted molar refractivity (Wildman–Crippen MR) is 111 cm³/mol. The summed E-state index contributed by atoms with van der Waals surface area (Å²) in [6.45, 7) is 1.95. The molecule has 30 heavy (non-hydrogen) atoms. The second-order valence-corrected chi connectivity index (χ2v) is 7.09. The van der Waals surface area contributed by atoms with Crippen LogP contribution in [0.25, 0.3) is 5.76 Å². The number of hydrogen-bond donors (Lipinski definition) is 1. The lowest BCUT2D eigenvalue weighted by Crippen LogP contribution is -2.29. The molecule has 0 saturated carbocycles. The number of ether oxygens (including phenoxy) is 1. The van der Waals surface area contributed by atoms with Crippen molar-refractivity contribution in [1.29, 1.82) is 0 Å². The number of ketones is 1. The van der Waals surface area contributed by atoms with Gasteiger partial charge < -0.3 is 19.2 Å². The average molecular weight is 403 g/mol. The number of aliphatic hydroxyl groups excluding tert-OH is 1. The molecule has 2 heterocycles. The third-order valence-corrected chi connectivity index (χ3v) is 5.10. The molecule has 1 amide bonds. The van der Waals surface area contributed by atoms with Crippen molar-refractivity contribution in [2.45, 2.75) is 19.5 Å². The smallest absolute Gasteiger partial charge is 0.296 e. The molecule has 6 nitrogen and oxygen atoms in total. The highest BCUT2D eigenvalue weighted by Gasteiger charge is 2.47. The maximum atomic E-state index is 13.0. The molecule has 4 rings (SSSR count). The number of hydrogen-bond acceptors (Lipinski definition) is 5. The first kappa shape index (κ1) is 19.5. The number of aliphatic hydroxyl groups is 1. The van der Waals surface area contributed by atoms with Crippen molar-refractivity contribution in [3.05, 3.63) is 95.0 Å². The summed E-state index contributed by atoms with van der Waals surface area (Å²) in [5, 5.41) is 10.9. The Bertz CT molecular complexity index is 1130. The summed E-state index contributed by atoms with van der Waals surface area (Å²) < 4.78 is 11.0. The van der Waals surface area contributed by atoms with Gasteiger partial charge in [-0.05, 0) is 36.8 Å². The van der Waals surface area contributed by atoms with Crippen LogP contribution < -0.4 is 4.74 Å². The maximum absolute atomic E-state index is 13.0. The fourth-order valence-electron chi connectivity index (χ4n) is 3.66. The van der Waals surface area contributed by atoms with Gasteiger partial charge in [-0.3, -0.25) is 9.59 Å². The molecule has 1 saturated heterocycles. The minimum absolute atomic E-state index is 0.0171. The van der Waals surface area contributed by atoms with Gasteiger partial charge in [0.2, 0.25) is 0 Å². The van der Waals surface area contributed by atoms with Gasteiger partial charge in [-0.25, -0.2) is 0 Å². The van der Waals surface area contributed by atoms with Gasteiger partial charge in [-0.1, -0.05) is 42.5 Å². The first-order chi connectivity index (χ1) is 14.5. The van der Waals surface area contributed by atoms with Crippen molar-refractivity contribution in [2.24, 2.45) is 0 Å². The zero-order valence-electron chi connectivity index (χ0n) is 16.7. The van der Waals surface area contributed by atoms with Crippen molar-refractivity contribution in [2.75, 3.05) is 7.11 Å². The molecule has 0 aliphatic carbocycles. The van der Waals surface area contributed by atoms with E-state index in [0.717, 1.165) is 5.56 Å². The van der Waals surface area contributed by atoms with E-state index in [1.54, 1.807) is 62.6 Å². The molecule has 1 fully saturated rings. The lowest BCUT2D eigenvalue weighted by molar-refractivity contribution is -0.140. The molecule has 1 aliphatic heterocycles. The summed E-state index contributed by atoms with van der Waals surface area (Å²) in [4.78, 5) is 27.3. The largest absolute Gasteiger partial charge is 0.507 e. The second-order valence-electron chi connectivity index (χ2n) is 7.09. The van der Waals surface area contributed by atoms with Gasteiger partial charge >= 0.3 is 0 Å². The van der Waals surface area contributed by atoms with E-state index in [1.807, 2.05) is 18.2 Å². The monoisotopic (exact) mass is 403 g/mol. The Morgan fingerprint density at radius 3 is 2.50 bits per heavy atom. The van der Waals surface area contributed by atoms with Crippen LogP contribution in [-0.4, -0.2) is 28.8 Å². The number of nitrogens with zero attached hydrogens (tertiary/aromatic N) is 1. The van der Waals surface area contributed by atoms with Crippen LogP contribution in [0.2, 0.25) is 0 Å². The number of Topliss-reactive ketones (excluding diaryl/α,β-unsaturated/α-hetero) is 1. The first-order valence-corrected chi connectivity index (χ1v) is 9.52. The third kappa shape index (κ3) is 3.48. The predicted octanol–water partition coefficient (Wildman–Crippen LogP) is 4.22. The highest BCUT2D eigenvalue weighted by Crippen LogP contribution is 2.40. The van der Waals surface area contributed by atoms with Crippen molar-refractivity contribution < 1.29 is 23.8 Å². The summed E-state index contributed by atoms with van der Waals surface area (Å²) in [6, 6.07) is 18.7. The van der Waals surface area contributed by atoms with Crippen LogP contribution in [0.5, 0.6) is 5.75 Å². The number of carbonyl (C=O) groups excluding carboxylic acids is 2. The third-order valence-electron chi connectivity index (χ3n) is 5.10. The molecule has 3 aromatic rings. The van der Waals surface area contributed by atoms with E-state index >= 15 is 0 Å². The van der Waals surface area contributed by atoms with E-state index in [0.29, 0.717) is 22.8 Å². The van der Waals surface area contributed by atoms with Crippen LogP contribution in [0, 0.1) is 6.92 Å². The van der Waals surface area contributed by atoms with Crippen LogP contribution in [0.3, 0.4) is 0 Å². The molecule has 2 aromatic carbocycles. The standard InChI is InChI=1S/C24H21NO5/c1-15-11-12-19(30-15)21-20(22(26)17-8-4-3-5-9-17)23(27)24(28)25(21)14-16-7-6-10-18(13-16)29-2/h3-13,21,26H,14H2,1-2H3/b22-20-. The Morgan fingerprint density at radius 2 is 1.83 bits per heavy atom. The zero-order valence-corrected chi connectivity index (χ0v) is 16.7. The Balaban J connectivity index is 1.83. The van der Waals surface area contributed by atoms with Gasteiger partial charge in [0.15, 0.2) is 0 Å². The molecule has 152 valence electrons. The van der Waals surface area contributed by atoms with Gasteiger partial charge in [0.1, 0.15) is 29.1 Å². The molecule has 0 bridgehead atoms. The molecular weight excluding hydrogens is 382 g/mol. The van der Waals surface area contributed by atoms with Gasteiger partial charge in [0.25, 0.3) is 11.7 Å². The fourth-order valence-corrected chi connectivity index (χ4v) is 3.66. The van der Waals surface area contributed by atoms with E-state index in [2.05, 4.69) is 0 Å². The summed E-state index contributed by atoms with van der Waals surface area (Å²) in [6.07, 6.45) is 0. The van der Waals surface area contributed by atoms with Crippen molar-refractivity contribution in [1.82, 2.24) is 4.90 Å². The first-order valence-electron chi connectivity index (χ1n) is 9.52. The topological polar surface area (TPSA) is 80.0 Å². The van der Waals surface area contributed by atoms with E-state index < -0.39 is 17.7 Å². The van der Waals surface area contributed by atoms with Crippen LogP contribution in [0.1, 0.15) is 28.7 Å². The number of benzene rings is 2. The van der Waals surface area contributed by atoms with E-state index in [-0.39, 0.29) is 17.9 Å². The van der Waals surface area contributed by atoms with E-state index in [9.17, 15) is 14.7 Å². The van der Waals surface area contributed by atoms with Crippen LogP contribution in [-0.2, 0) is 16.1 Å². The Morgan fingerprint density at radius 1 is 1.07 bits per heavy atom. The number of carbonyl (C=O) groups is 2. The number of amides is 1. The van der Waals surface area contributed by atoms with Gasteiger partial charge in [0, 0.05) is 12.1 Å². The summed E-state index contributed by atoms with van der Waals surface area (Å²) in [7, 11) is 1.57. The van der Waals surface area contributed by atoms with Crippen LogP contribution >= 0.6 is 0 Å². The number of aryl methyl sites for hydroxylation is 1. The summed E-state index contributed by atoms with van der Waals surface area (Å²) >= 11 is 0. The number of rotatable bonds is 5. The zero-order chi connectivity index (χ0) is 21.3. The average Bonchev–Trinajstić information content (AvgIpc) is 3.30. The maximum Gasteiger partial charge on any atom is 0.296 e. The quantitative estimate of drug-likeness (QED) is 0.392.